The number of alkyl halides is 5. The minimum Gasteiger partial charge on any atom is -0.297 e. The second-order valence-corrected chi connectivity index (χ2v) is 14.1. The number of unbranched alkanes of at least 4 members (excludes halogenated alkanes) is 30. The highest BCUT2D eigenvalue weighted by atomic mass is 19.4. The first-order chi connectivity index (χ1) is 21.7. The fraction of sp³-hybridized carbons (Fsp3) is 1.00. The Labute approximate surface area is 277 Å². The van der Waals surface area contributed by atoms with E-state index in [1.165, 1.54) is 159 Å². The second-order valence-electron chi connectivity index (χ2n) is 14.1. The van der Waals surface area contributed by atoms with Crippen molar-refractivity contribution in [3.63, 3.8) is 0 Å². The molecule has 0 unspecified atom stereocenters. The third-order valence-electron chi connectivity index (χ3n) is 9.49. The van der Waals surface area contributed by atoms with Crippen LogP contribution in [0.2, 0.25) is 0 Å². The van der Waals surface area contributed by atoms with E-state index in [1.54, 1.807) is 0 Å². The maximum absolute atomic E-state index is 13.8. The molecule has 0 N–H and O–H groups in total. The molecule has 0 aliphatic carbocycles. The smallest absolute Gasteiger partial charge is 0.297 e. The molecule has 0 aliphatic rings. The highest BCUT2D eigenvalue weighted by Crippen LogP contribution is 2.36. The zero-order valence-corrected chi connectivity index (χ0v) is 30.1. The van der Waals surface area contributed by atoms with Crippen LogP contribution in [0.25, 0.3) is 0 Å². The van der Waals surface area contributed by atoms with Gasteiger partial charge in [-0.15, -0.1) is 0 Å². The average Bonchev–Trinajstić information content (AvgIpc) is 2.99. The van der Waals surface area contributed by atoms with Crippen LogP contribution in [-0.2, 0) is 0 Å². The summed E-state index contributed by atoms with van der Waals surface area (Å²) in [6.45, 7) is 3.98. The van der Waals surface area contributed by atoms with E-state index < -0.39 is 18.6 Å². The van der Waals surface area contributed by atoms with E-state index in [-0.39, 0.29) is 0 Å². The summed E-state index contributed by atoms with van der Waals surface area (Å²) in [5.74, 6) is -4.64. The fourth-order valence-electron chi connectivity index (χ4n) is 6.41. The molecule has 0 radical (unpaired) electrons. The highest BCUT2D eigenvalue weighted by molar-refractivity contribution is 4.80. The average molecular weight is 654 g/mol. The van der Waals surface area contributed by atoms with Crippen LogP contribution < -0.4 is 0 Å². The summed E-state index contributed by atoms with van der Waals surface area (Å²) in [5.41, 5.74) is 0. The van der Waals surface area contributed by atoms with Gasteiger partial charge in [0.05, 0.1) is 6.54 Å². The van der Waals surface area contributed by atoms with Gasteiger partial charge in [-0.1, -0.05) is 206 Å². The Hall–Kier alpha value is -0.390. The van der Waals surface area contributed by atoms with E-state index >= 15 is 0 Å². The van der Waals surface area contributed by atoms with E-state index in [2.05, 4.69) is 13.8 Å². The molecular formula is C39H76F5N. The normalized spacial score (nSPS) is 12.5. The van der Waals surface area contributed by atoms with Crippen molar-refractivity contribution in [3.8, 4) is 0 Å². The molecule has 1 nitrogen and oxygen atoms in total. The van der Waals surface area contributed by atoms with Crippen molar-refractivity contribution >= 4 is 0 Å². The van der Waals surface area contributed by atoms with Gasteiger partial charge in [0.15, 0.2) is 0 Å². The number of hydrogen-bond acceptors (Lipinski definition) is 1. The van der Waals surface area contributed by atoms with E-state index in [0.717, 1.165) is 38.5 Å². The van der Waals surface area contributed by atoms with Crippen molar-refractivity contribution in [2.24, 2.45) is 0 Å². The molecule has 0 aromatic carbocycles. The van der Waals surface area contributed by atoms with E-state index in [0.29, 0.717) is 25.9 Å². The zero-order chi connectivity index (χ0) is 33.3. The van der Waals surface area contributed by atoms with Crippen LogP contribution >= 0.6 is 0 Å². The Bertz CT molecular complexity index is 544. The summed E-state index contributed by atoms with van der Waals surface area (Å²) < 4.78 is 66.3. The van der Waals surface area contributed by atoms with Crippen molar-refractivity contribution < 1.29 is 22.0 Å². The summed E-state index contributed by atoms with van der Waals surface area (Å²) in [6.07, 6.45) is 34.0. The Morgan fingerprint density at radius 2 is 0.511 bits per heavy atom. The van der Waals surface area contributed by atoms with Crippen LogP contribution in [0.15, 0.2) is 0 Å². The molecule has 0 spiro atoms. The van der Waals surface area contributed by atoms with Gasteiger partial charge >= 0.3 is 12.1 Å². The summed E-state index contributed by atoms with van der Waals surface area (Å²) in [5, 5.41) is 0. The van der Waals surface area contributed by atoms with Gasteiger partial charge in [-0.2, -0.15) is 22.0 Å². The lowest BCUT2D eigenvalue weighted by atomic mass is 10.0. The van der Waals surface area contributed by atoms with Gasteiger partial charge in [-0.05, 0) is 25.9 Å². The number of hydrogen-bond donors (Lipinski definition) is 0. The number of halogens is 5. The van der Waals surface area contributed by atoms with Crippen molar-refractivity contribution in [1.82, 2.24) is 4.90 Å². The van der Waals surface area contributed by atoms with Gasteiger partial charge in [-0.3, -0.25) is 4.90 Å². The first-order valence-corrected chi connectivity index (χ1v) is 19.9. The monoisotopic (exact) mass is 654 g/mol. The van der Waals surface area contributed by atoms with E-state index in [1.807, 2.05) is 0 Å². The van der Waals surface area contributed by atoms with Crippen molar-refractivity contribution in [1.29, 1.82) is 0 Å². The molecule has 0 bridgehead atoms. The molecule has 0 rings (SSSR count). The quantitative estimate of drug-likeness (QED) is 0.0480. The summed E-state index contributed by atoms with van der Waals surface area (Å²) in [4.78, 5) is 1.38. The lowest BCUT2D eigenvalue weighted by Crippen LogP contribution is -2.47. The molecule has 45 heavy (non-hydrogen) atoms. The molecule has 0 amide bonds. The zero-order valence-electron chi connectivity index (χ0n) is 30.1. The molecule has 0 saturated heterocycles. The highest BCUT2D eigenvalue weighted by Gasteiger charge is 2.57. The van der Waals surface area contributed by atoms with Gasteiger partial charge < -0.3 is 0 Å². The van der Waals surface area contributed by atoms with Crippen LogP contribution in [0.1, 0.15) is 219 Å². The van der Waals surface area contributed by atoms with Crippen molar-refractivity contribution in [3.05, 3.63) is 0 Å². The summed E-state index contributed by atoms with van der Waals surface area (Å²) in [7, 11) is 0. The van der Waals surface area contributed by atoms with Crippen LogP contribution in [0, 0.1) is 0 Å². The number of rotatable bonds is 36. The van der Waals surface area contributed by atoms with Gasteiger partial charge in [0.25, 0.3) is 0 Å². The fourth-order valence-corrected chi connectivity index (χ4v) is 6.41. The largest absolute Gasteiger partial charge is 0.454 e. The molecule has 0 heterocycles. The van der Waals surface area contributed by atoms with Gasteiger partial charge in [0.2, 0.25) is 0 Å². The first-order valence-electron chi connectivity index (χ1n) is 19.9. The predicted octanol–water partition coefficient (Wildman–Crippen LogP) is 15.0. The first kappa shape index (κ1) is 44.6. The maximum atomic E-state index is 13.8. The molecule has 0 aromatic rings. The van der Waals surface area contributed by atoms with Crippen LogP contribution in [-0.4, -0.2) is 36.6 Å². The molecule has 0 atom stereocenters. The third-order valence-corrected chi connectivity index (χ3v) is 9.49. The van der Waals surface area contributed by atoms with Crippen LogP contribution in [0.5, 0.6) is 0 Å². The van der Waals surface area contributed by atoms with Crippen LogP contribution in [0.4, 0.5) is 22.0 Å². The van der Waals surface area contributed by atoms with E-state index in [9.17, 15) is 22.0 Å². The maximum Gasteiger partial charge on any atom is 0.454 e. The molecule has 272 valence electrons. The number of nitrogens with zero attached hydrogens (tertiary/aromatic N) is 1. The summed E-state index contributed by atoms with van der Waals surface area (Å²) in [6, 6.07) is 0. The third kappa shape index (κ3) is 30.7. The lowest BCUT2D eigenvalue weighted by Gasteiger charge is -2.28. The molecule has 6 heteroatoms. The Morgan fingerprint density at radius 3 is 0.711 bits per heavy atom. The molecule has 0 fully saturated rings. The minimum atomic E-state index is -5.48. The van der Waals surface area contributed by atoms with Crippen molar-refractivity contribution in [2.45, 2.75) is 231 Å². The molecule has 0 aliphatic heterocycles. The molecular weight excluding hydrogens is 577 g/mol. The van der Waals surface area contributed by atoms with Gasteiger partial charge in [0.1, 0.15) is 0 Å². The Morgan fingerprint density at radius 1 is 0.311 bits per heavy atom. The SMILES string of the molecule is CCCCCCCCCCCCCCCCCCN(CCCCCCCCCCCCCCCCCC)CC(F)(F)C(F)(F)F. The topological polar surface area (TPSA) is 3.24 Å². The lowest BCUT2D eigenvalue weighted by molar-refractivity contribution is -0.286. The summed E-state index contributed by atoms with van der Waals surface area (Å²) >= 11 is 0. The molecule has 0 saturated carbocycles. The van der Waals surface area contributed by atoms with Crippen LogP contribution in [0.3, 0.4) is 0 Å². The predicted molar refractivity (Wildman–Crippen MR) is 187 cm³/mol. The van der Waals surface area contributed by atoms with Gasteiger partial charge in [0, 0.05) is 0 Å². The Balaban J connectivity index is 3.87. The van der Waals surface area contributed by atoms with Gasteiger partial charge in [-0.25, -0.2) is 0 Å². The van der Waals surface area contributed by atoms with Crippen molar-refractivity contribution in [2.75, 3.05) is 19.6 Å². The standard InChI is InChI=1S/C39H76F5N/c1-3-5-7-9-11-13-15-17-19-21-23-25-27-29-31-33-35-45(37-38(40,41)39(42,43)44)36-34-32-30-28-26-24-22-20-18-16-14-12-10-8-6-4-2/h3-37H2,1-2H3. The molecule has 0 aromatic heterocycles. The van der Waals surface area contributed by atoms with E-state index in [4.69, 9.17) is 0 Å². The minimum absolute atomic E-state index is 0.336. The second kappa shape index (κ2) is 32.2. The Kier molecular flexibility index (Phi) is 31.9.